The third kappa shape index (κ3) is 2.81. The number of rotatable bonds is 3. The predicted octanol–water partition coefficient (Wildman–Crippen LogP) is 3.91. The van der Waals surface area contributed by atoms with Gasteiger partial charge in [-0.15, -0.1) is 0 Å². The molecular weight excluding hydrogens is 268 g/mol. The van der Waals surface area contributed by atoms with Gasteiger partial charge < -0.3 is 4.74 Å². The second-order valence-electron chi connectivity index (χ2n) is 3.59. The standard InChI is InChI=1S/C13H7ClN2O3/c14-11-5-2-6-12(13(11)16(17)18)19-10-4-1-3-9(7-10)8-15/h1-7H. The molecule has 2 aromatic rings. The Balaban J connectivity index is 2.41. The molecule has 0 bridgehead atoms. The minimum Gasteiger partial charge on any atom is -0.450 e. The summed E-state index contributed by atoms with van der Waals surface area (Å²) in [5, 5.41) is 19.7. The van der Waals surface area contributed by atoms with Crippen LogP contribution in [0, 0.1) is 21.4 Å². The average Bonchev–Trinajstić information content (AvgIpc) is 2.38. The maximum atomic E-state index is 10.9. The van der Waals surface area contributed by atoms with Crippen molar-refractivity contribution in [3.8, 4) is 17.6 Å². The number of hydrogen-bond acceptors (Lipinski definition) is 4. The van der Waals surface area contributed by atoms with Crippen LogP contribution in [0.25, 0.3) is 0 Å². The summed E-state index contributed by atoms with van der Waals surface area (Å²) in [4.78, 5) is 10.3. The first-order valence-corrected chi connectivity index (χ1v) is 5.60. The molecule has 5 nitrogen and oxygen atoms in total. The van der Waals surface area contributed by atoms with Crippen molar-refractivity contribution in [3.05, 3.63) is 63.2 Å². The van der Waals surface area contributed by atoms with Crippen molar-refractivity contribution in [1.82, 2.24) is 0 Å². The summed E-state index contributed by atoms with van der Waals surface area (Å²) < 4.78 is 5.42. The summed E-state index contributed by atoms with van der Waals surface area (Å²) in [6.45, 7) is 0. The van der Waals surface area contributed by atoms with E-state index in [4.69, 9.17) is 21.6 Å². The van der Waals surface area contributed by atoms with Gasteiger partial charge in [0.2, 0.25) is 5.75 Å². The third-order valence-electron chi connectivity index (χ3n) is 2.32. The summed E-state index contributed by atoms with van der Waals surface area (Å²) >= 11 is 5.78. The van der Waals surface area contributed by atoms with Crippen molar-refractivity contribution >= 4 is 17.3 Å². The molecule has 0 spiro atoms. The zero-order chi connectivity index (χ0) is 13.8. The van der Waals surface area contributed by atoms with E-state index in [1.807, 2.05) is 6.07 Å². The van der Waals surface area contributed by atoms with Gasteiger partial charge in [0.15, 0.2) is 0 Å². The van der Waals surface area contributed by atoms with Crippen LogP contribution in [-0.2, 0) is 0 Å². The molecule has 2 rings (SSSR count). The highest BCUT2D eigenvalue weighted by molar-refractivity contribution is 6.32. The first-order chi connectivity index (χ1) is 9.11. The van der Waals surface area contributed by atoms with E-state index in [-0.39, 0.29) is 16.5 Å². The number of halogens is 1. The van der Waals surface area contributed by atoms with Crippen LogP contribution in [0.4, 0.5) is 5.69 Å². The van der Waals surface area contributed by atoms with Gasteiger partial charge in [0.1, 0.15) is 10.8 Å². The minimum absolute atomic E-state index is 0.000984. The molecule has 0 aromatic heterocycles. The number of nitriles is 1. The highest BCUT2D eigenvalue weighted by Crippen LogP contribution is 2.36. The minimum atomic E-state index is -0.605. The summed E-state index contributed by atoms with van der Waals surface area (Å²) in [6, 6.07) is 12.7. The SMILES string of the molecule is N#Cc1cccc(Oc2cccc(Cl)c2[N+](=O)[O-])c1. The van der Waals surface area contributed by atoms with Gasteiger partial charge in [-0.25, -0.2) is 0 Å². The number of hydrogen-bond donors (Lipinski definition) is 0. The van der Waals surface area contributed by atoms with Gasteiger partial charge in [0, 0.05) is 0 Å². The predicted molar refractivity (Wildman–Crippen MR) is 69.3 cm³/mol. The first-order valence-electron chi connectivity index (χ1n) is 5.22. The normalized spacial score (nSPS) is 9.68. The highest BCUT2D eigenvalue weighted by Gasteiger charge is 2.20. The lowest BCUT2D eigenvalue weighted by Crippen LogP contribution is -1.94. The topological polar surface area (TPSA) is 76.2 Å². The highest BCUT2D eigenvalue weighted by atomic mass is 35.5. The molecule has 0 aliphatic carbocycles. The van der Waals surface area contributed by atoms with Crippen LogP contribution in [0.3, 0.4) is 0 Å². The Morgan fingerprint density at radius 2 is 2.00 bits per heavy atom. The fourth-order valence-corrected chi connectivity index (χ4v) is 1.75. The summed E-state index contributed by atoms with van der Waals surface area (Å²) in [5.74, 6) is 0.372. The number of nitro groups is 1. The van der Waals surface area contributed by atoms with Crippen molar-refractivity contribution in [1.29, 1.82) is 5.26 Å². The van der Waals surface area contributed by atoms with Crippen LogP contribution in [-0.4, -0.2) is 4.92 Å². The molecule has 0 aliphatic rings. The average molecular weight is 275 g/mol. The van der Waals surface area contributed by atoms with E-state index in [0.29, 0.717) is 11.3 Å². The van der Waals surface area contributed by atoms with Crippen LogP contribution < -0.4 is 4.74 Å². The van der Waals surface area contributed by atoms with Crippen molar-refractivity contribution in [2.24, 2.45) is 0 Å². The fourth-order valence-electron chi connectivity index (χ4n) is 1.51. The maximum Gasteiger partial charge on any atom is 0.329 e. The van der Waals surface area contributed by atoms with E-state index >= 15 is 0 Å². The molecular formula is C13H7ClN2O3. The van der Waals surface area contributed by atoms with Crippen LogP contribution in [0.5, 0.6) is 11.5 Å². The third-order valence-corrected chi connectivity index (χ3v) is 2.63. The van der Waals surface area contributed by atoms with E-state index in [9.17, 15) is 10.1 Å². The molecule has 6 heteroatoms. The molecule has 94 valence electrons. The molecule has 0 atom stereocenters. The second-order valence-corrected chi connectivity index (χ2v) is 3.99. The van der Waals surface area contributed by atoms with Crippen molar-refractivity contribution in [2.45, 2.75) is 0 Å². The number of ether oxygens (including phenoxy) is 1. The van der Waals surface area contributed by atoms with E-state index in [1.54, 1.807) is 24.3 Å². The van der Waals surface area contributed by atoms with E-state index in [2.05, 4.69) is 0 Å². The Kier molecular flexibility index (Phi) is 3.64. The quantitative estimate of drug-likeness (QED) is 0.628. The van der Waals surface area contributed by atoms with Gasteiger partial charge in [-0.1, -0.05) is 23.7 Å². The molecule has 19 heavy (non-hydrogen) atoms. The molecule has 0 saturated heterocycles. The molecule has 0 unspecified atom stereocenters. The molecule has 0 aliphatic heterocycles. The molecule has 0 saturated carbocycles. The number of nitrogens with zero attached hydrogens (tertiary/aromatic N) is 2. The van der Waals surface area contributed by atoms with Crippen LogP contribution in [0.1, 0.15) is 5.56 Å². The molecule has 0 fully saturated rings. The largest absolute Gasteiger partial charge is 0.450 e. The number of para-hydroxylation sites is 1. The van der Waals surface area contributed by atoms with Gasteiger partial charge in [-0.2, -0.15) is 5.26 Å². The Labute approximate surface area is 113 Å². The molecule has 0 heterocycles. The van der Waals surface area contributed by atoms with E-state index < -0.39 is 4.92 Å². The lowest BCUT2D eigenvalue weighted by molar-refractivity contribution is -0.385. The van der Waals surface area contributed by atoms with Crippen molar-refractivity contribution in [3.63, 3.8) is 0 Å². The molecule has 0 radical (unpaired) electrons. The Morgan fingerprint density at radius 1 is 1.26 bits per heavy atom. The van der Waals surface area contributed by atoms with E-state index in [0.717, 1.165) is 0 Å². The fraction of sp³-hybridized carbons (Fsp3) is 0. The van der Waals surface area contributed by atoms with Gasteiger partial charge in [-0.3, -0.25) is 10.1 Å². The smallest absolute Gasteiger partial charge is 0.329 e. The molecule has 2 aromatic carbocycles. The Hall–Kier alpha value is -2.58. The monoisotopic (exact) mass is 274 g/mol. The number of nitro benzene ring substituents is 1. The Bertz CT molecular complexity index is 680. The summed E-state index contributed by atoms with van der Waals surface area (Å²) in [7, 11) is 0. The van der Waals surface area contributed by atoms with Gasteiger partial charge >= 0.3 is 5.69 Å². The zero-order valence-corrected chi connectivity index (χ0v) is 10.3. The van der Waals surface area contributed by atoms with Crippen LogP contribution in [0.2, 0.25) is 5.02 Å². The zero-order valence-electron chi connectivity index (χ0n) is 9.54. The number of benzene rings is 2. The van der Waals surface area contributed by atoms with Crippen LogP contribution in [0.15, 0.2) is 42.5 Å². The maximum absolute atomic E-state index is 10.9. The lowest BCUT2D eigenvalue weighted by atomic mass is 10.2. The second kappa shape index (κ2) is 5.38. The lowest BCUT2D eigenvalue weighted by Gasteiger charge is -2.07. The van der Waals surface area contributed by atoms with Crippen molar-refractivity contribution in [2.75, 3.05) is 0 Å². The van der Waals surface area contributed by atoms with Crippen LogP contribution >= 0.6 is 11.6 Å². The first kappa shape index (κ1) is 12.9. The molecule has 0 amide bonds. The molecule has 0 N–H and O–H groups in total. The van der Waals surface area contributed by atoms with E-state index in [1.165, 1.54) is 18.2 Å². The summed E-state index contributed by atoms with van der Waals surface area (Å²) in [6.07, 6.45) is 0. The van der Waals surface area contributed by atoms with Crippen molar-refractivity contribution < 1.29 is 9.66 Å². The van der Waals surface area contributed by atoms with Gasteiger partial charge in [0.05, 0.1) is 16.6 Å². The Morgan fingerprint density at radius 3 is 2.68 bits per heavy atom. The van der Waals surface area contributed by atoms with Gasteiger partial charge in [0.25, 0.3) is 0 Å². The summed E-state index contributed by atoms with van der Waals surface area (Å²) in [5.41, 5.74) is 0.105. The van der Waals surface area contributed by atoms with Gasteiger partial charge in [-0.05, 0) is 30.3 Å².